The highest BCUT2D eigenvalue weighted by molar-refractivity contribution is 7.99. The van der Waals surface area contributed by atoms with Crippen molar-refractivity contribution in [3.8, 4) is 11.1 Å². The summed E-state index contributed by atoms with van der Waals surface area (Å²) in [6, 6.07) is 82.5. The summed E-state index contributed by atoms with van der Waals surface area (Å²) in [7, 11) is -2.72. The van der Waals surface area contributed by atoms with Gasteiger partial charge in [-0.05, 0) is 143 Å². The lowest BCUT2D eigenvalue weighted by Gasteiger charge is -2.43. The van der Waals surface area contributed by atoms with Gasteiger partial charge in [-0.25, -0.2) is 0 Å². The van der Waals surface area contributed by atoms with E-state index < -0.39 is 8.07 Å². The lowest BCUT2D eigenvalue weighted by atomic mass is 9.73. The van der Waals surface area contributed by atoms with Crippen LogP contribution < -0.4 is 30.5 Å². The van der Waals surface area contributed by atoms with Crippen LogP contribution in [0, 0.1) is 0 Å². The Morgan fingerprint density at radius 2 is 0.873 bits per heavy atom. The summed E-state index contributed by atoms with van der Waals surface area (Å²) in [6.07, 6.45) is 0. The number of hydrogen-bond acceptors (Lipinski definition) is 3. The van der Waals surface area contributed by atoms with Crippen molar-refractivity contribution in [2.24, 2.45) is 0 Å². The molecule has 298 valence electrons. The maximum Gasteiger partial charge on any atom is 0.180 e. The number of anilines is 6. The Kier molecular flexibility index (Phi) is 7.94. The molecular formula is C59H42N2SSi. The predicted octanol–water partition coefficient (Wildman–Crippen LogP) is 13.4. The van der Waals surface area contributed by atoms with Crippen LogP contribution in [0.2, 0.25) is 0 Å². The summed E-state index contributed by atoms with van der Waals surface area (Å²) in [5.74, 6) is 0. The standard InChI is InChI=1S/C59H42N2SSi/c1-59(2)49-22-10-11-23-51(49)60(54-38-58-48(37-50(54)59)47-21-9-16-28-57(47)63(58,45-17-5-3-6-18-45)46-19-7-4-8-20-46)43-31-29-39-34-42-36-44(32-30-40(42)33-41(39)35-43)61-52-24-12-14-26-55(52)62-56-27-15-13-25-53(56)61/h3-38H,1-2H3. The third-order valence-corrected chi connectivity index (χ3v) is 20.0. The maximum absolute atomic E-state index is 2.72. The van der Waals surface area contributed by atoms with Crippen molar-refractivity contribution in [2.45, 2.75) is 29.1 Å². The van der Waals surface area contributed by atoms with Crippen molar-refractivity contribution in [2.75, 3.05) is 9.80 Å². The van der Waals surface area contributed by atoms with Gasteiger partial charge in [-0.15, -0.1) is 0 Å². The summed E-state index contributed by atoms with van der Waals surface area (Å²) in [4.78, 5) is 7.52. The molecule has 13 rings (SSSR count). The molecule has 0 saturated carbocycles. The molecule has 0 unspecified atom stereocenters. The molecule has 0 spiro atoms. The van der Waals surface area contributed by atoms with Crippen LogP contribution in [0.15, 0.2) is 228 Å². The van der Waals surface area contributed by atoms with Crippen LogP contribution in [0.4, 0.5) is 34.1 Å². The molecule has 2 nitrogen and oxygen atoms in total. The molecule has 0 radical (unpaired) electrons. The zero-order valence-electron chi connectivity index (χ0n) is 35.1. The summed E-state index contributed by atoms with van der Waals surface area (Å²) in [5.41, 5.74) is 12.5. The third kappa shape index (κ3) is 5.26. The van der Waals surface area contributed by atoms with Gasteiger partial charge in [-0.3, -0.25) is 0 Å². The van der Waals surface area contributed by atoms with Gasteiger partial charge >= 0.3 is 0 Å². The Morgan fingerprint density at radius 1 is 0.365 bits per heavy atom. The number of fused-ring (bicyclic) bond motifs is 9. The van der Waals surface area contributed by atoms with Crippen LogP contribution in [0.3, 0.4) is 0 Å². The second-order valence-electron chi connectivity index (χ2n) is 17.7. The van der Waals surface area contributed by atoms with E-state index in [1.165, 1.54) is 108 Å². The van der Waals surface area contributed by atoms with Crippen molar-refractivity contribution in [3.05, 3.63) is 230 Å². The maximum atomic E-state index is 2.61. The molecule has 10 aromatic carbocycles. The van der Waals surface area contributed by atoms with Crippen LogP contribution in [-0.2, 0) is 5.41 Å². The largest absolute Gasteiger partial charge is 0.310 e. The smallest absolute Gasteiger partial charge is 0.180 e. The third-order valence-electron chi connectivity index (χ3n) is 14.0. The molecule has 0 aliphatic carbocycles. The highest BCUT2D eigenvalue weighted by atomic mass is 32.2. The van der Waals surface area contributed by atoms with E-state index in [0.29, 0.717) is 0 Å². The van der Waals surface area contributed by atoms with Crippen LogP contribution in [0.1, 0.15) is 25.0 Å². The SMILES string of the molecule is CC1(C)c2ccccc2N(c2ccc3cc4cc(N5c6ccccc6Sc6ccccc65)ccc4cc3c2)c2cc3c(cc21)-c1ccccc1[Si]3(c1ccccc1)c1ccccc1. The predicted molar refractivity (Wildman–Crippen MR) is 270 cm³/mol. The van der Waals surface area contributed by atoms with Crippen LogP contribution in [0.25, 0.3) is 32.7 Å². The zero-order chi connectivity index (χ0) is 41.9. The fraction of sp³-hybridized carbons (Fsp3) is 0.0508. The molecule has 0 amide bonds. The van der Waals surface area contributed by atoms with E-state index in [9.17, 15) is 0 Å². The molecule has 0 N–H and O–H groups in total. The quantitative estimate of drug-likeness (QED) is 0.129. The van der Waals surface area contributed by atoms with E-state index in [4.69, 9.17) is 0 Å². The Hall–Kier alpha value is -7.11. The molecular weight excluding hydrogens is 797 g/mol. The minimum absolute atomic E-state index is 0.225. The van der Waals surface area contributed by atoms with Gasteiger partial charge < -0.3 is 9.80 Å². The van der Waals surface area contributed by atoms with E-state index in [1.54, 1.807) is 0 Å². The average molecular weight is 839 g/mol. The van der Waals surface area contributed by atoms with E-state index in [-0.39, 0.29) is 5.41 Å². The Labute approximate surface area is 373 Å². The number of nitrogens with zero attached hydrogens (tertiary/aromatic N) is 2. The Morgan fingerprint density at radius 3 is 1.49 bits per heavy atom. The summed E-state index contributed by atoms with van der Waals surface area (Å²) in [5, 5.41) is 10.7. The van der Waals surface area contributed by atoms with Gasteiger partial charge in [-0.2, -0.15) is 0 Å². The first-order chi connectivity index (χ1) is 31.0. The first-order valence-corrected chi connectivity index (χ1v) is 24.7. The highest BCUT2D eigenvalue weighted by Crippen LogP contribution is 2.54. The van der Waals surface area contributed by atoms with Gasteiger partial charge in [0.05, 0.1) is 22.7 Å². The van der Waals surface area contributed by atoms with Crippen molar-refractivity contribution in [1.29, 1.82) is 0 Å². The van der Waals surface area contributed by atoms with Gasteiger partial charge in [0.15, 0.2) is 8.07 Å². The van der Waals surface area contributed by atoms with Crippen LogP contribution >= 0.6 is 11.8 Å². The Balaban J connectivity index is 1.000. The van der Waals surface area contributed by atoms with Gasteiger partial charge in [0.1, 0.15) is 0 Å². The van der Waals surface area contributed by atoms with Crippen LogP contribution in [0.5, 0.6) is 0 Å². The van der Waals surface area contributed by atoms with Crippen LogP contribution in [-0.4, -0.2) is 8.07 Å². The summed E-state index contributed by atoms with van der Waals surface area (Å²) in [6.45, 7) is 4.82. The zero-order valence-corrected chi connectivity index (χ0v) is 36.9. The van der Waals surface area contributed by atoms with Crippen molar-refractivity contribution in [3.63, 3.8) is 0 Å². The fourth-order valence-electron chi connectivity index (χ4n) is 11.1. The molecule has 3 aliphatic heterocycles. The minimum atomic E-state index is -2.72. The lowest BCUT2D eigenvalue weighted by Crippen LogP contribution is -2.72. The second kappa shape index (κ2) is 13.7. The van der Waals surface area contributed by atoms with Crippen molar-refractivity contribution in [1.82, 2.24) is 0 Å². The highest BCUT2D eigenvalue weighted by Gasteiger charge is 2.50. The minimum Gasteiger partial charge on any atom is -0.310 e. The summed E-state index contributed by atoms with van der Waals surface area (Å²) >= 11 is 1.85. The van der Waals surface area contributed by atoms with Crippen molar-refractivity contribution >= 4 is 96.3 Å². The van der Waals surface area contributed by atoms with E-state index in [1.807, 2.05) is 11.8 Å². The van der Waals surface area contributed by atoms with Gasteiger partial charge in [0, 0.05) is 26.6 Å². The Bertz CT molecular complexity index is 3400. The first kappa shape index (κ1) is 36.5. The number of para-hydroxylation sites is 3. The normalized spacial score (nSPS) is 15.0. The average Bonchev–Trinajstić information content (AvgIpc) is 3.62. The molecule has 0 bridgehead atoms. The van der Waals surface area contributed by atoms with E-state index in [2.05, 4.69) is 242 Å². The van der Waals surface area contributed by atoms with Gasteiger partial charge in [0.25, 0.3) is 0 Å². The molecule has 0 atom stereocenters. The molecule has 4 heteroatoms. The summed E-state index contributed by atoms with van der Waals surface area (Å²) < 4.78 is 0. The lowest BCUT2D eigenvalue weighted by molar-refractivity contribution is 0.632. The van der Waals surface area contributed by atoms with E-state index >= 15 is 0 Å². The molecule has 0 saturated heterocycles. The molecule has 3 heterocycles. The molecule has 0 fully saturated rings. The second-order valence-corrected chi connectivity index (χ2v) is 22.5. The van der Waals surface area contributed by atoms with Gasteiger partial charge in [-0.1, -0.05) is 165 Å². The van der Waals surface area contributed by atoms with E-state index in [0.717, 1.165) is 0 Å². The number of hydrogen-bond donors (Lipinski definition) is 0. The number of benzene rings is 10. The molecule has 3 aliphatic rings. The molecule has 0 aromatic heterocycles. The first-order valence-electron chi connectivity index (χ1n) is 21.9. The van der Waals surface area contributed by atoms with Gasteiger partial charge in [0.2, 0.25) is 0 Å². The number of rotatable bonds is 4. The molecule has 10 aromatic rings. The topological polar surface area (TPSA) is 6.48 Å². The van der Waals surface area contributed by atoms with Crippen molar-refractivity contribution < 1.29 is 0 Å². The monoisotopic (exact) mass is 838 g/mol. The fourth-order valence-corrected chi connectivity index (χ4v) is 17.4. The molecule has 63 heavy (non-hydrogen) atoms.